The van der Waals surface area contributed by atoms with E-state index in [2.05, 4.69) is 50.1 Å². The number of rotatable bonds is 7. The van der Waals surface area contributed by atoms with E-state index in [-0.39, 0.29) is 0 Å². The second kappa shape index (κ2) is 7.44. The molecule has 0 saturated heterocycles. The van der Waals surface area contributed by atoms with E-state index in [9.17, 15) is 0 Å². The van der Waals surface area contributed by atoms with Crippen LogP contribution in [0.3, 0.4) is 0 Å². The summed E-state index contributed by atoms with van der Waals surface area (Å²) in [5.74, 6) is 0.803. The summed E-state index contributed by atoms with van der Waals surface area (Å²) in [5, 5.41) is 3.72. The van der Waals surface area contributed by atoms with E-state index in [0.29, 0.717) is 12.1 Å². The molecule has 0 fully saturated rings. The zero-order valence-electron chi connectivity index (χ0n) is 11.6. The van der Waals surface area contributed by atoms with Crippen molar-refractivity contribution in [2.24, 2.45) is 5.92 Å². The van der Waals surface area contributed by atoms with Crippen LogP contribution < -0.4 is 5.32 Å². The molecule has 1 N–H and O–H groups in total. The van der Waals surface area contributed by atoms with Crippen molar-refractivity contribution in [2.75, 3.05) is 0 Å². The largest absolute Gasteiger partial charge is 0.307 e. The number of hydrogen-bond donors (Lipinski definition) is 1. The van der Waals surface area contributed by atoms with Crippen molar-refractivity contribution in [3.8, 4) is 0 Å². The van der Waals surface area contributed by atoms with Crippen LogP contribution in [0.4, 0.5) is 0 Å². The average Bonchev–Trinajstić information content (AvgIpc) is 2.38. The predicted octanol–water partition coefficient (Wildman–Crippen LogP) is 3.95. The zero-order chi connectivity index (χ0) is 12.7. The van der Waals surface area contributed by atoms with E-state index in [4.69, 9.17) is 0 Å². The highest BCUT2D eigenvalue weighted by Gasteiger charge is 2.13. The molecule has 0 aromatic carbocycles. The number of nitrogens with one attached hydrogen (secondary N) is 1. The van der Waals surface area contributed by atoms with Crippen LogP contribution in [0.15, 0.2) is 24.5 Å². The lowest BCUT2D eigenvalue weighted by Gasteiger charge is -2.24. The second-order valence-corrected chi connectivity index (χ2v) is 5.02. The van der Waals surface area contributed by atoms with Crippen LogP contribution in [-0.2, 0) is 0 Å². The lowest BCUT2D eigenvalue weighted by atomic mass is 9.96. The maximum Gasteiger partial charge on any atom is 0.0295 e. The van der Waals surface area contributed by atoms with Crippen LogP contribution in [0.2, 0.25) is 0 Å². The fourth-order valence-corrected chi connectivity index (χ4v) is 2.11. The molecular formula is C15H26N2. The summed E-state index contributed by atoms with van der Waals surface area (Å²) in [5.41, 5.74) is 1.32. The smallest absolute Gasteiger partial charge is 0.0295 e. The fourth-order valence-electron chi connectivity index (χ4n) is 2.11. The van der Waals surface area contributed by atoms with Gasteiger partial charge in [0.05, 0.1) is 0 Å². The van der Waals surface area contributed by atoms with Gasteiger partial charge < -0.3 is 5.32 Å². The average molecular weight is 234 g/mol. The topological polar surface area (TPSA) is 24.9 Å². The predicted molar refractivity (Wildman–Crippen MR) is 73.9 cm³/mol. The Balaban J connectivity index is 2.50. The van der Waals surface area contributed by atoms with E-state index < -0.39 is 0 Å². The summed E-state index contributed by atoms with van der Waals surface area (Å²) in [6, 6.07) is 5.21. The van der Waals surface area contributed by atoms with Gasteiger partial charge in [-0.15, -0.1) is 0 Å². The molecule has 0 spiro atoms. The Morgan fingerprint density at radius 1 is 1.12 bits per heavy atom. The summed E-state index contributed by atoms with van der Waals surface area (Å²) in [6.45, 7) is 9.10. The van der Waals surface area contributed by atoms with E-state index in [1.54, 1.807) is 0 Å². The number of aromatic nitrogens is 1. The molecule has 96 valence electrons. The van der Waals surface area contributed by atoms with Crippen LogP contribution in [-0.4, -0.2) is 11.0 Å². The third-order valence-corrected chi connectivity index (χ3v) is 3.57. The highest BCUT2D eigenvalue weighted by atomic mass is 14.9. The molecule has 17 heavy (non-hydrogen) atoms. The van der Waals surface area contributed by atoms with Gasteiger partial charge in [-0.1, -0.05) is 27.2 Å². The summed E-state index contributed by atoms with van der Waals surface area (Å²) >= 11 is 0. The van der Waals surface area contributed by atoms with Crippen LogP contribution in [0.5, 0.6) is 0 Å². The quantitative estimate of drug-likeness (QED) is 0.772. The van der Waals surface area contributed by atoms with Crippen LogP contribution in [0, 0.1) is 5.92 Å². The van der Waals surface area contributed by atoms with Gasteiger partial charge in [0.2, 0.25) is 0 Å². The van der Waals surface area contributed by atoms with E-state index >= 15 is 0 Å². The fraction of sp³-hybridized carbons (Fsp3) is 0.667. The lowest BCUT2D eigenvalue weighted by molar-refractivity contribution is 0.359. The van der Waals surface area contributed by atoms with Gasteiger partial charge >= 0.3 is 0 Å². The molecule has 1 rings (SSSR count). The third-order valence-electron chi connectivity index (χ3n) is 3.57. The van der Waals surface area contributed by atoms with Crippen molar-refractivity contribution >= 4 is 0 Å². The Morgan fingerprint density at radius 3 is 2.29 bits per heavy atom. The van der Waals surface area contributed by atoms with E-state index in [0.717, 1.165) is 5.92 Å². The Hall–Kier alpha value is -0.890. The molecule has 0 saturated carbocycles. The van der Waals surface area contributed by atoms with Gasteiger partial charge in [0, 0.05) is 24.5 Å². The molecule has 2 nitrogen and oxygen atoms in total. The van der Waals surface area contributed by atoms with Crippen LogP contribution in [0.25, 0.3) is 0 Å². The third kappa shape index (κ3) is 4.86. The normalized spacial score (nSPS) is 16.5. The maximum absolute atomic E-state index is 4.06. The number of nitrogens with zero attached hydrogens (tertiary/aromatic N) is 1. The van der Waals surface area contributed by atoms with Crippen molar-refractivity contribution in [2.45, 2.75) is 59.0 Å². The van der Waals surface area contributed by atoms with Crippen molar-refractivity contribution in [3.05, 3.63) is 30.1 Å². The summed E-state index contributed by atoms with van der Waals surface area (Å²) in [6.07, 6.45) is 7.45. The van der Waals surface area contributed by atoms with Gasteiger partial charge in [0.25, 0.3) is 0 Å². The number of pyridine rings is 1. The van der Waals surface area contributed by atoms with Gasteiger partial charge in [0.15, 0.2) is 0 Å². The van der Waals surface area contributed by atoms with E-state index in [1.165, 1.54) is 24.8 Å². The Bertz CT molecular complexity index is 297. The van der Waals surface area contributed by atoms with Crippen LogP contribution >= 0.6 is 0 Å². The molecule has 1 heterocycles. The van der Waals surface area contributed by atoms with Gasteiger partial charge in [0.1, 0.15) is 0 Å². The molecule has 1 aromatic heterocycles. The number of hydrogen-bond acceptors (Lipinski definition) is 2. The van der Waals surface area contributed by atoms with Crippen molar-refractivity contribution in [1.82, 2.24) is 10.3 Å². The van der Waals surface area contributed by atoms with Crippen molar-refractivity contribution < 1.29 is 0 Å². The summed E-state index contributed by atoms with van der Waals surface area (Å²) in [4.78, 5) is 4.06. The standard InChI is InChI=1S/C15H26N2/c1-5-12(3)11-15(6-2)17-13(4)14-7-9-16-10-8-14/h7-10,12-13,15,17H,5-6,11H2,1-4H3/t12?,13-,15?/m1/s1. The first kappa shape index (κ1) is 14.2. The molecule has 1 aromatic rings. The SMILES string of the molecule is CCC(C)CC(CC)N[C@H](C)c1ccncc1. The first-order chi connectivity index (χ1) is 8.17. The minimum atomic E-state index is 0.409. The van der Waals surface area contributed by atoms with E-state index in [1.807, 2.05) is 12.4 Å². The molecule has 2 heteroatoms. The summed E-state index contributed by atoms with van der Waals surface area (Å²) < 4.78 is 0. The first-order valence-electron chi connectivity index (χ1n) is 6.83. The van der Waals surface area contributed by atoms with Crippen LogP contribution in [0.1, 0.15) is 58.6 Å². The Morgan fingerprint density at radius 2 is 1.76 bits per heavy atom. The monoisotopic (exact) mass is 234 g/mol. The lowest BCUT2D eigenvalue weighted by Crippen LogP contribution is -2.32. The van der Waals surface area contributed by atoms with Gasteiger partial charge in [-0.2, -0.15) is 0 Å². The van der Waals surface area contributed by atoms with Crippen molar-refractivity contribution in [3.63, 3.8) is 0 Å². The minimum absolute atomic E-state index is 0.409. The van der Waals surface area contributed by atoms with Gasteiger partial charge in [-0.3, -0.25) is 4.98 Å². The highest BCUT2D eigenvalue weighted by molar-refractivity contribution is 5.14. The molecule has 0 bridgehead atoms. The zero-order valence-corrected chi connectivity index (χ0v) is 11.6. The Kier molecular flexibility index (Phi) is 6.20. The molecule has 0 aliphatic heterocycles. The molecule has 3 atom stereocenters. The van der Waals surface area contributed by atoms with Gasteiger partial charge in [-0.25, -0.2) is 0 Å². The molecule has 0 radical (unpaired) electrons. The Labute approximate surface area is 106 Å². The molecule has 0 amide bonds. The molecule has 2 unspecified atom stereocenters. The maximum atomic E-state index is 4.06. The summed E-state index contributed by atoms with van der Waals surface area (Å²) in [7, 11) is 0. The second-order valence-electron chi connectivity index (χ2n) is 5.02. The van der Waals surface area contributed by atoms with Crippen molar-refractivity contribution in [1.29, 1.82) is 0 Å². The highest BCUT2D eigenvalue weighted by Crippen LogP contribution is 2.17. The minimum Gasteiger partial charge on any atom is -0.307 e. The first-order valence-corrected chi connectivity index (χ1v) is 6.83. The molecule has 0 aliphatic rings. The van der Waals surface area contributed by atoms with Gasteiger partial charge in [-0.05, 0) is 43.4 Å². The molecular weight excluding hydrogens is 208 g/mol. The molecule has 0 aliphatic carbocycles.